The van der Waals surface area contributed by atoms with E-state index in [0.29, 0.717) is 0 Å². The Kier molecular flexibility index (Phi) is 4.06. The van der Waals surface area contributed by atoms with Crippen molar-refractivity contribution < 1.29 is 19.1 Å². The second-order valence-corrected chi connectivity index (χ2v) is 5.34. The molecule has 1 heterocycles. The molecule has 20 heavy (non-hydrogen) atoms. The van der Waals surface area contributed by atoms with Crippen molar-refractivity contribution in [1.82, 2.24) is 4.90 Å². The smallest absolute Gasteiger partial charge is 0.335 e. The first-order valence-electron chi connectivity index (χ1n) is 6.77. The Morgan fingerprint density at radius 3 is 2.35 bits per heavy atom. The van der Waals surface area contributed by atoms with Gasteiger partial charge in [0.05, 0.1) is 11.1 Å². The number of amides is 1. The zero-order valence-electron chi connectivity index (χ0n) is 11.6. The molecule has 1 N–H and O–H groups in total. The van der Waals surface area contributed by atoms with Gasteiger partial charge in [0.25, 0.3) is 5.91 Å². The molecule has 4 nitrogen and oxygen atoms in total. The molecule has 0 bridgehead atoms. The molecule has 0 saturated carbocycles. The van der Waals surface area contributed by atoms with Gasteiger partial charge in [-0.05, 0) is 51.3 Å². The van der Waals surface area contributed by atoms with Crippen LogP contribution >= 0.6 is 0 Å². The summed E-state index contributed by atoms with van der Waals surface area (Å²) >= 11 is 0. The number of halogens is 1. The second-order valence-electron chi connectivity index (χ2n) is 5.34. The van der Waals surface area contributed by atoms with Crippen LogP contribution in [0.2, 0.25) is 0 Å². The molecule has 1 aromatic carbocycles. The molecule has 5 heteroatoms. The first-order chi connectivity index (χ1) is 9.41. The van der Waals surface area contributed by atoms with Gasteiger partial charge in [0.1, 0.15) is 5.82 Å². The summed E-state index contributed by atoms with van der Waals surface area (Å²) in [7, 11) is 0. The van der Waals surface area contributed by atoms with Crippen molar-refractivity contribution in [2.45, 2.75) is 45.2 Å². The van der Waals surface area contributed by atoms with Gasteiger partial charge in [0.2, 0.25) is 0 Å². The van der Waals surface area contributed by atoms with E-state index in [2.05, 4.69) is 0 Å². The van der Waals surface area contributed by atoms with Crippen LogP contribution in [0.1, 0.15) is 53.8 Å². The third-order valence-corrected chi connectivity index (χ3v) is 3.87. The van der Waals surface area contributed by atoms with Gasteiger partial charge in [0.15, 0.2) is 0 Å². The molecule has 1 amide bonds. The zero-order valence-corrected chi connectivity index (χ0v) is 11.6. The summed E-state index contributed by atoms with van der Waals surface area (Å²) in [5.74, 6) is -2.35. The lowest BCUT2D eigenvalue weighted by molar-refractivity contribution is 0.0505. The number of aromatic carboxylic acids is 1. The van der Waals surface area contributed by atoms with Crippen molar-refractivity contribution in [2.75, 3.05) is 0 Å². The van der Waals surface area contributed by atoms with Crippen LogP contribution in [0.5, 0.6) is 0 Å². The average molecular weight is 279 g/mol. The van der Waals surface area contributed by atoms with Crippen molar-refractivity contribution in [3.8, 4) is 0 Å². The largest absolute Gasteiger partial charge is 0.478 e. The summed E-state index contributed by atoms with van der Waals surface area (Å²) in [5, 5.41) is 8.81. The first-order valence-corrected chi connectivity index (χ1v) is 6.77. The Morgan fingerprint density at radius 2 is 1.85 bits per heavy atom. The number of hydrogen-bond acceptors (Lipinski definition) is 2. The summed E-state index contributed by atoms with van der Waals surface area (Å²) < 4.78 is 14.0. The van der Waals surface area contributed by atoms with Gasteiger partial charge >= 0.3 is 5.97 Å². The van der Waals surface area contributed by atoms with Gasteiger partial charge in [-0.15, -0.1) is 0 Å². The van der Waals surface area contributed by atoms with E-state index < -0.39 is 11.8 Å². The number of carboxylic acid groups (broad SMARTS) is 1. The summed E-state index contributed by atoms with van der Waals surface area (Å²) in [6, 6.07) is 3.57. The summed E-state index contributed by atoms with van der Waals surface area (Å²) in [6.07, 6.45) is 2.88. The number of piperidine rings is 1. The van der Waals surface area contributed by atoms with E-state index >= 15 is 0 Å². The molecule has 2 rings (SSSR count). The SMILES string of the molecule is CC1CCCC(C)N1C(=O)c1ccc(C(=O)O)cc1F. The maximum Gasteiger partial charge on any atom is 0.335 e. The van der Waals surface area contributed by atoms with Crippen LogP contribution < -0.4 is 0 Å². The fourth-order valence-corrected chi connectivity index (χ4v) is 2.78. The van der Waals surface area contributed by atoms with Crippen LogP contribution in [0.15, 0.2) is 18.2 Å². The van der Waals surface area contributed by atoms with Crippen molar-refractivity contribution in [2.24, 2.45) is 0 Å². The van der Waals surface area contributed by atoms with E-state index in [1.807, 2.05) is 13.8 Å². The average Bonchev–Trinajstić information content (AvgIpc) is 2.38. The van der Waals surface area contributed by atoms with Crippen molar-refractivity contribution in [3.05, 3.63) is 35.1 Å². The number of likely N-dealkylation sites (tertiary alicyclic amines) is 1. The highest BCUT2D eigenvalue weighted by molar-refractivity contribution is 5.96. The quantitative estimate of drug-likeness (QED) is 0.905. The number of hydrogen-bond donors (Lipinski definition) is 1. The Morgan fingerprint density at radius 1 is 1.25 bits per heavy atom. The van der Waals surface area contributed by atoms with Crippen LogP contribution in [0.25, 0.3) is 0 Å². The maximum atomic E-state index is 14.0. The Balaban J connectivity index is 2.31. The Bertz CT molecular complexity index is 534. The predicted molar refractivity (Wildman–Crippen MR) is 72.3 cm³/mol. The molecule has 2 unspecified atom stereocenters. The molecular weight excluding hydrogens is 261 g/mol. The van der Waals surface area contributed by atoms with Crippen molar-refractivity contribution in [3.63, 3.8) is 0 Å². The van der Waals surface area contributed by atoms with E-state index in [0.717, 1.165) is 25.3 Å². The minimum Gasteiger partial charge on any atom is -0.478 e. The zero-order chi connectivity index (χ0) is 14.9. The Labute approximate surface area is 117 Å². The number of rotatable bonds is 2. The van der Waals surface area contributed by atoms with Crippen LogP contribution in [0.3, 0.4) is 0 Å². The molecule has 0 aliphatic carbocycles. The third kappa shape index (κ3) is 2.66. The number of benzene rings is 1. The third-order valence-electron chi connectivity index (χ3n) is 3.87. The minimum absolute atomic E-state index is 0.0596. The molecule has 1 aliphatic heterocycles. The Hall–Kier alpha value is -1.91. The van der Waals surface area contributed by atoms with E-state index in [9.17, 15) is 14.0 Å². The fourth-order valence-electron chi connectivity index (χ4n) is 2.78. The van der Waals surface area contributed by atoms with Gasteiger partial charge in [-0.1, -0.05) is 0 Å². The van der Waals surface area contributed by atoms with E-state index in [1.165, 1.54) is 12.1 Å². The van der Waals surface area contributed by atoms with Gasteiger partial charge in [-0.3, -0.25) is 4.79 Å². The first kappa shape index (κ1) is 14.5. The number of carbonyl (C=O) groups is 2. The van der Waals surface area contributed by atoms with Crippen LogP contribution in [0.4, 0.5) is 4.39 Å². The summed E-state index contributed by atoms with van der Waals surface area (Å²) in [4.78, 5) is 24.9. The van der Waals surface area contributed by atoms with Gasteiger partial charge in [0, 0.05) is 12.1 Å². The summed E-state index contributed by atoms with van der Waals surface area (Å²) in [6.45, 7) is 3.91. The lowest BCUT2D eigenvalue weighted by atomic mass is 9.96. The van der Waals surface area contributed by atoms with Crippen LogP contribution in [-0.2, 0) is 0 Å². The standard InChI is InChI=1S/C15H18FNO3/c1-9-4-3-5-10(2)17(9)14(18)12-7-6-11(15(19)20)8-13(12)16/h6-10H,3-5H2,1-2H3,(H,19,20). The molecule has 1 saturated heterocycles. The van der Waals surface area contributed by atoms with E-state index in [-0.39, 0.29) is 29.1 Å². The lowest BCUT2D eigenvalue weighted by Crippen LogP contribution is -2.47. The minimum atomic E-state index is -1.21. The molecular formula is C15H18FNO3. The molecule has 1 aliphatic rings. The topological polar surface area (TPSA) is 57.6 Å². The molecule has 1 aromatic rings. The number of carbonyl (C=O) groups excluding carboxylic acids is 1. The van der Waals surface area contributed by atoms with Gasteiger partial charge in [-0.2, -0.15) is 0 Å². The molecule has 0 spiro atoms. The van der Waals surface area contributed by atoms with Crippen molar-refractivity contribution >= 4 is 11.9 Å². The van der Waals surface area contributed by atoms with E-state index in [1.54, 1.807) is 4.90 Å². The number of carboxylic acids is 1. The normalized spacial score (nSPS) is 22.6. The highest BCUT2D eigenvalue weighted by Crippen LogP contribution is 2.25. The predicted octanol–water partition coefficient (Wildman–Crippen LogP) is 2.93. The second kappa shape index (κ2) is 5.61. The van der Waals surface area contributed by atoms with E-state index in [4.69, 9.17) is 5.11 Å². The van der Waals surface area contributed by atoms with Crippen LogP contribution in [0, 0.1) is 5.82 Å². The van der Waals surface area contributed by atoms with Crippen molar-refractivity contribution in [1.29, 1.82) is 0 Å². The highest BCUT2D eigenvalue weighted by Gasteiger charge is 2.31. The maximum absolute atomic E-state index is 14.0. The summed E-state index contributed by atoms with van der Waals surface area (Å²) in [5.41, 5.74) is -0.214. The number of nitrogens with zero attached hydrogens (tertiary/aromatic N) is 1. The van der Waals surface area contributed by atoms with Crippen LogP contribution in [-0.4, -0.2) is 34.0 Å². The molecule has 2 atom stereocenters. The fraction of sp³-hybridized carbons (Fsp3) is 0.467. The molecule has 0 radical (unpaired) electrons. The van der Waals surface area contributed by atoms with Gasteiger partial charge < -0.3 is 10.0 Å². The van der Waals surface area contributed by atoms with Gasteiger partial charge in [-0.25, -0.2) is 9.18 Å². The lowest BCUT2D eigenvalue weighted by Gasteiger charge is -2.39. The molecule has 108 valence electrons. The molecule has 1 fully saturated rings. The highest BCUT2D eigenvalue weighted by atomic mass is 19.1. The molecule has 0 aromatic heterocycles. The monoisotopic (exact) mass is 279 g/mol.